The summed E-state index contributed by atoms with van der Waals surface area (Å²) in [5.74, 6) is 6.38. The molecule has 1 atom stereocenters. The van der Waals surface area contributed by atoms with Crippen LogP contribution < -0.4 is 11.3 Å². The van der Waals surface area contributed by atoms with Crippen molar-refractivity contribution in [2.75, 3.05) is 13.2 Å². The Morgan fingerprint density at radius 3 is 2.89 bits per heavy atom. The fraction of sp³-hybridized carbons (Fsp3) is 0.429. The molecule has 0 saturated carbocycles. The monoisotopic (exact) mass is 262 g/mol. The molecule has 0 bridgehead atoms. The number of nitrogens with one attached hydrogen (secondary N) is 1. The Kier molecular flexibility index (Phi) is 3.61. The van der Waals surface area contributed by atoms with Gasteiger partial charge in [0.1, 0.15) is 0 Å². The van der Waals surface area contributed by atoms with Gasteiger partial charge in [-0.25, -0.2) is 0 Å². The lowest BCUT2D eigenvalue weighted by Crippen LogP contribution is -2.36. The largest absolute Gasteiger partial charge is 0.381 e. The van der Waals surface area contributed by atoms with Gasteiger partial charge in [-0.2, -0.15) is 0 Å². The van der Waals surface area contributed by atoms with Crippen LogP contribution in [-0.2, 0) is 4.74 Å². The molecule has 3 N–H and O–H groups in total. The quantitative estimate of drug-likeness (QED) is 0.660. The fourth-order valence-electron chi connectivity index (χ4n) is 2.79. The van der Waals surface area contributed by atoms with E-state index >= 15 is 0 Å². The van der Waals surface area contributed by atoms with Crippen molar-refractivity contribution in [1.29, 1.82) is 0 Å². The van der Waals surface area contributed by atoms with Crippen molar-refractivity contribution in [2.24, 2.45) is 11.8 Å². The molecule has 2 heterocycles. The minimum absolute atomic E-state index is 0.233. The number of hydrazine groups is 1. The van der Waals surface area contributed by atoms with Crippen LogP contribution in [0, 0.1) is 5.92 Å². The molecule has 96 valence electrons. The Balaban J connectivity index is 1.97. The zero-order chi connectivity index (χ0) is 12.4. The maximum atomic E-state index is 5.81. The molecule has 18 heavy (non-hydrogen) atoms. The van der Waals surface area contributed by atoms with Gasteiger partial charge < -0.3 is 4.74 Å². The number of ether oxygens (including phenoxy) is 1. The number of fused-ring (bicyclic) bond motifs is 1. The molecule has 1 saturated heterocycles. The van der Waals surface area contributed by atoms with E-state index in [0.29, 0.717) is 5.92 Å². The second-order valence-corrected chi connectivity index (χ2v) is 5.70. The van der Waals surface area contributed by atoms with Crippen LogP contribution in [0.2, 0.25) is 0 Å². The van der Waals surface area contributed by atoms with Gasteiger partial charge in [0, 0.05) is 17.9 Å². The van der Waals surface area contributed by atoms with Gasteiger partial charge in [0.05, 0.1) is 6.04 Å². The summed E-state index contributed by atoms with van der Waals surface area (Å²) in [4.78, 5) is 0. The van der Waals surface area contributed by atoms with E-state index in [-0.39, 0.29) is 6.04 Å². The Morgan fingerprint density at radius 1 is 1.28 bits per heavy atom. The van der Waals surface area contributed by atoms with Gasteiger partial charge in [-0.15, -0.1) is 11.3 Å². The van der Waals surface area contributed by atoms with E-state index in [0.717, 1.165) is 26.1 Å². The van der Waals surface area contributed by atoms with Gasteiger partial charge >= 0.3 is 0 Å². The third-order valence-corrected chi connectivity index (χ3v) is 4.74. The lowest BCUT2D eigenvalue weighted by molar-refractivity contribution is 0.0538. The first-order valence-electron chi connectivity index (χ1n) is 6.40. The Bertz CT molecular complexity index is 519. The normalized spacial score (nSPS) is 19.2. The summed E-state index contributed by atoms with van der Waals surface area (Å²) in [6.45, 7) is 1.70. The number of thiophene rings is 1. The first kappa shape index (κ1) is 12.1. The van der Waals surface area contributed by atoms with Gasteiger partial charge in [-0.05, 0) is 41.2 Å². The summed E-state index contributed by atoms with van der Waals surface area (Å²) in [6.07, 6.45) is 2.16. The molecule has 0 amide bonds. The summed E-state index contributed by atoms with van der Waals surface area (Å²) in [6, 6.07) is 8.87. The lowest BCUT2D eigenvalue weighted by atomic mass is 9.87. The summed E-state index contributed by atoms with van der Waals surface area (Å²) >= 11 is 1.79. The van der Waals surface area contributed by atoms with E-state index in [2.05, 4.69) is 35.1 Å². The molecule has 1 aromatic heterocycles. The van der Waals surface area contributed by atoms with E-state index in [4.69, 9.17) is 10.6 Å². The zero-order valence-electron chi connectivity index (χ0n) is 10.3. The van der Waals surface area contributed by atoms with Crippen LogP contribution >= 0.6 is 11.3 Å². The Morgan fingerprint density at radius 2 is 2.11 bits per heavy atom. The Hall–Kier alpha value is -0.940. The number of benzene rings is 1. The highest BCUT2D eigenvalue weighted by molar-refractivity contribution is 7.17. The van der Waals surface area contributed by atoms with E-state index in [1.165, 1.54) is 15.6 Å². The molecule has 1 fully saturated rings. The molecule has 3 nitrogen and oxygen atoms in total. The van der Waals surface area contributed by atoms with Crippen LogP contribution in [0.15, 0.2) is 29.6 Å². The maximum absolute atomic E-state index is 5.81. The molecular formula is C14H18N2OS. The predicted molar refractivity (Wildman–Crippen MR) is 75.4 cm³/mol. The van der Waals surface area contributed by atoms with Crippen molar-refractivity contribution in [3.05, 3.63) is 35.2 Å². The summed E-state index contributed by atoms with van der Waals surface area (Å²) in [5.41, 5.74) is 4.35. The van der Waals surface area contributed by atoms with Gasteiger partial charge in [-0.1, -0.05) is 18.2 Å². The highest BCUT2D eigenvalue weighted by atomic mass is 32.1. The first-order valence-corrected chi connectivity index (χ1v) is 7.28. The summed E-state index contributed by atoms with van der Waals surface area (Å²) in [7, 11) is 0. The highest BCUT2D eigenvalue weighted by Crippen LogP contribution is 2.35. The van der Waals surface area contributed by atoms with E-state index < -0.39 is 0 Å². The summed E-state index contributed by atoms with van der Waals surface area (Å²) < 4.78 is 6.79. The maximum Gasteiger partial charge on any atom is 0.0504 e. The molecular weight excluding hydrogens is 244 g/mol. The standard InChI is InChI=1S/C14H18N2OS/c15-16-13(10-4-7-17-8-5-10)12-3-1-2-11-6-9-18-14(11)12/h1-3,6,9-10,13,16H,4-5,7-8,15H2. The topological polar surface area (TPSA) is 47.3 Å². The first-order chi connectivity index (χ1) is 8.90. The fourth-order valence-corrected chi connectivity index (χ4v) is 3.74. The van der Waals surface area contributed by atoms with Crippen LogP contribution in [-0.4, -0.2) is 13.2 Å². The number of rotatable bonds is 3. The number of nitrogens with two attached hydrogens (primary N) is 1. The van der Waals surface area contributed by atoms with Crippen molar-refractivity contribution < 1.29 is 4.74 Å². The molecule has 1 aliphatic rings. The van der Waals surface area contributed by atoms with E-state index in [9.17, 15) is 0 Å². The third-order valence-electron chi connectivity index (χ3n) is 3.76. The second kappa shape index (κ2) is 5.36. The molecule has 0 aliphatic carbocycles. The van der Waals surface area contributed by atoms with Gasteiger partial charge in [0.2, 0.25) is 0 Å². The molecule has 3 rings (SSSR count). The number of hydrogen-bond donors (Lipinski definition) is 2. The second-order valence-electron chi connectivity index (χ2n) is 4.78. The van der Waals surface area contributed by atoms with Crippen molar-refractivity contribution in [2.45, 2.75) is 18.9 Å². The molecule has 4 heteroatoms. The van der Waals surface area contributed by atoms with Gasteiger partial charge in [0.25, 0.3) is 0 Å². The van der Waals surface area contributed by atoms with Crippen LogP contribution in [0.25, 0.3) is 10.1 Å². The Labute approximate surface area is 111 Å². The highest BCUT2D eigenvalue weighted by Gasteiger charge is 2.25. The SMILES string of the molecule is NNC(c1cccc2ccsc12)C1CCOCC1. The summed E-state index contributed by atoms with van der Waals surface area (Å²) in [5, 5.41) is 3.45. The van der Waals surface area contributed by atoms with Crippen molar-refractivity contribution >= 4 is 21.4 Å². The molecule has 1 aliphatic heterocycles. The zero-order valence-corrected chi connectivity index (χ0v) is 11.1. The number of hydrogen-bond acceptors (Lipinski definition) is 4. The predicted octanol–water partition coefficient (Wildman–Crippen LogP) is 2.83. The minimum atomic E-state index is 0.233. The third kappa shape index (κ3) is 2.17. The van der Waals surface area contributed by atoms with Crippen LogP contribution in [0.3, 0.4) is 0 Å². The molecule has 0 spiro atoms. The smallest absolute Gasteiger partial charge is 0.0504 e. The van der Waals surface area contributed by atoms with Gasteiger partial charge in [-0.3, -0.25) is 11.3 Å². The molecule has 2 aromatic rings. The van der Waals surface area contributed by atoms with Crippen molar-refractivity contribution in [3.8, 4) is 0 Å². The van der Waals surface area contributed by atoms with Gasteiger partial charge in [0.15, 0.2) is 0 Å². The van der Waals surface area contributed by atoms with Crippen LogP contribution in [0.4, 0.5) is 0 Å². The van der Waals surface area contributed by atoms with Crippen molar-refractivity contribution in [1.82, 2.24) is 5.43 Å². The molecule has 1 aromatic carbocycles. The van der Waals surface area contributed by atoms with E-state index in [1.54, 1.807) is 11.3 Å². The van der Waals surface area contributed by atoms with Crippen molar-refractivity contribution in [3.63, 3.8) is 0 Å². The molecule has 1 unspecified atom stereocenters. The van der Waals surface area contributed by atoms with E-state index in [1.807, 2.05) is 0 Å². The minimum Gasteiger partial charge on any atom is -0.381 e. The molecule has 0 radical (unpaired) electrons. The average Bonchev–Trinajstić information content (AvgIpc) is 2.90. The lowest BCUT2D eigenvalue weighted by Gasteiger charge is -2.30. The van der Waals surface area contributed by atoms with Crippen LogP contribution in [0.1, 0.15) is 24.4 Å². The van der Waals surface area contributed by atoms with Crippen LogP contribution in [0.5, 0.6) is 0 Å². The average molecular weight is 262 g/mol.